The molecule has 0 aliphatic carbocycles. The summed E-state index contributed by atoms with van der Waals surface area (Å²) in [6, 6.07) is 7.05. The van der Waals surface area contributed by atoms with Gasteiger partial charge in [0.05, 0.1) is 5.69 Å². The van der Waals surface area contributed by atoms with Gasteiger partial charge in [0.2, 0.25) is 5.91 Å². The van der Waals surface area contributed by atoms with Crippen molar-refractivity contribution in [1.82, 2.24) is 9.97 Å². The van der Waals surface area contributed by atoms with Gasteiger partial charge in [-0.1, -0.05) is 0 Å². The minimum atomic E-state index is -0.122. The van der Waals surface area contributed by atoms with E-state index in [1.807, 2.05) is 26.0 Å². The van der Waals surface area contributed by atoms with Crippen molar-refractivity contribution in [2.24, 2.45) is 0 Å². The van der Waals surface area contributed by atoms with E-state index < -0.39 is 0 Å². The maximum atomic E-state index is 11.9. The first-order valence-corrected chi connectivity index (χ1v) is 5.95. The Morgan fingerprint density at radius 1 is 1.21 bits per heavy atom. The van der Waals surface area contributed by atoms with Crippen LogP contribution < -0.4 is 10.6 Å². The van der Waals surface area contributed by atoms with Gasteiger partial charge >= 0.3 is 0 Å². The van der Waals surface area contributed by atoms with E-state index in [1.54, 1.807) is 18.3 Å². The van der Waals surface area contributed by atoms with E-state index in [0.717, 1.165) is 17.1 Å². The number of carbonyl (C=O) groups is 1. The zero-order chi connectivity index (χ0) is 14.0. The van der Waals surface area contributed by atoms with Gasteiger partial charge in [-0.25, -0.2) is 4.98 Å². The molecule has 2 aromatic heterocycles. The lowest BCUT2D eigenvalue weighted by Gasteiger charge is -2.21. The smallest absolute Gasteiger partial charge is 0.229 e. The second-order valence-corrected chi connectivity index (χ2v) is 4.41. The SMILES string of the molecule is CC(=O)N(c1cc(C)nc(C)c1)c1cc(N)ccn1. The number of pyridine rings is 2. The molecule has 0 fully saturated rings. The quantitative estimate of drug-likeness (QED) is 0.895. The molecule has 2 rings (SSSR count). The molecule has 0 saturated heterocycles. The third-order valence-corrected chi connectivity index (χ3v) is 2.64. The van der Waals surface area contributed by atoms with E-state index in [1.165, 1.54) is 11.8 Å². The fourth-order valence-electron chi connectivity index (χ4n) is 1.97. The van der Waals surface area contributed by atoms with Crippen molar-refractivity contribution in [2.45, 2.75) is 20.8 Å². The van der Waals surface area contributed by atoms with Crippen molar-refractivity contribution in [3.63, 3.8) is 0 Å². The molecule has 2 N–H and O–H groups in total. The summed E-state index contributed by atoms with van der Waals surface area (Å²) in [5.74, 6) is 0.389. The second-order valence-electron chi connectivity index (χ2n) is 4.41. The summed E-state index contributed by atoms with van der Waals surface area (Å²) in [6.07, 6.45) is 1.58. The van der Waals surface area contributed by atoms with Crippen LogP contribution in [0.4, 0.5) is 17.2 Å². The van der Waals surface area contributed by atoms with Crippen molar-refractivity contribution in [3.05, 3.63) is 41.9 Å². The van der Waals surface area contributed by atoms with Gasteiger partial charge in [0, 0.05) is 36.3 Å². The molecule has 0 spiro atoms. The third-order valence-electron chi connectivity index (χ3n) is 2.64. The van der Waals surface area contributed by atoms with Crippen molar-refractivity contribution in [3.8, 4) is 0 Å². The first-order chi connectivity index (χ1) is 8.97. The van der Waals surface area contributed by atoms with Crippen LogP contribution in [-0.2, 0) is 4.79 Å². The highest BCUT2D eigenvalue weighted by atomic mass is 16.2. The van der Waals surface area contributed by atoms with E-state index in [4.69, 9.17) is 5.73 Å². The lowest BCUT2D eigenvalue weighted by Crippen LogP contribution is -2.24. The molecule has 1 amide bonds. The van der Waals surface area contributed by atoms with Crippen LogP contribution in [0.15, 0.2) is 30.5 Å². The number of hydrogen-bond donors (Lipinski definition) is 1. The Hall–Kier alpha value is -2.43. The maximum Gasteiger partial charge on any atom is 0.229 e. The Morgan fingerprint density at radius 3 is 2.37 bits per heavy atom. The number of anilines is 3. The summed E-state index contributed by atoms with van der Waals surface area (Å²) in [5, 5.41) is 0. The van der Waals surface area contributed by atoms with Crippen LogP contribution in [0.5, 0.6) is 0 Å². The van der Waals surface area contributed by atoms with Gasteiger partial charge in [-0.3, -0.25) is 14.7 Å². The van der Waals surface area contributed by atoms with Crippen LogP contribution in [0, 0.1) is 13.8 Å². The van der Waals surface area contributed by atoms with Crippen molar-refractivity contribution in [2.75, 3.05) is 10.6 Å². The molecule has 98 valence electrons. The average Bonchev–Trinajstić information content (AvgIpc) is 2.27. The van der Waals surface area contributed by atoms with Gasteiger partial charge in [0.1, 0.15) is 5.82 Å². The van der Waals surface area contributed by atoms with Crippen LogP contribution >= 0.6 is 0 Å². The first-order valence-electron chi connectivity index (χ1n) is 5.95. The Bertz CT molecular complexity index is 604. The fraction of sp³-hybridized carbons (Fsp3) is 0.214. The topological polar surface area (TPSA) is 72.1 Å². The number of nitrogen functional groups attached to an aromatic ring is 1. The Kier molecular flexibility index (Phi) is 3.46. The molecule has 0 aliphatic rings. The third kappa shape index (κ3) is 2.88. The Morgan fingerprint density at radius 2 is 1.84 bits per heavy atom. The van der Waals surface area contributed by atoms with Crippen LogP contribution in [0.2, 0.25) is 0 Å². The van der Waals surface area contributed by atoms with Gasteiger partial charge in [0.25, 0.3) is 0 Å². The Balaban J connectivity index is 2.54. The predicted molar refractivity (Wildman–Crippen MR) is 75.2 cm³/mol. The maximum absolute atomic E-state index is 11.9. The number of aryl methyl sites for hydroxylation is 2. The van der Waals surface area contributed by atoms with E-state index in [9.17, 15) is 4.79 Å². The lowest BCUT2D eigenvalue weighted by molar-refractivity contribution is -0.115. The van der Waals surface area contributed by atoms with Crippen molar-refractivity contribution in [1.29, 1.82) is 0 Å². The summed E-state index contributed by atoms with van der Waals surface area (Å²) in [5.41, 5.74) is 8.76. The molecule has 0 saturated carbocycles. The van der Waals surface area contributed by atoms with Crippen LogP contribution in [0.1, 0.15) is 18.3 Å². The van der Waals surface area contributed by atoms with Crippen LogP contribution in [-0.4, -0.2) is 15.9 Å². The second kappa shape index (κ2) is 5.06. The number of nitrogens with two attached hydrogens (primary N) is 1. The zero-order valence-electron chi connectivity index (χ0n) is 11.2. The molecule has 0 aliphatic heterocycles. The number of aromatic nitrogens is 2. The molecule has 0 atom stereocenters. The minimum absolute atomic E-state index is 0.122. The summed E-state index contributed by atoms with van der Waals surface area (Å²) < 4.78 is 0. The van der Waals surface area contributed by atoms with Gasteiger partial charge in [-0.05, 0) is 32.0 Å². The first kappa shape index (κ1) is 13.0. The van der Waals surface area contributed by atoms with Gasteiger partial charge in [-0.2, -0.15) is 0 Å². The van der Waals surface area contributed by atoms with E-state index in [0.29, 0.717) is 11.5 Å². The van der Waals surface area contributed by atoms with Crippen molar-refractivity contribution < 1.29 is 4.79 Å². The van der Waals surface area contributed by atoms with E-state index >= 15 is 0 Å². The summed E-state index contributed by atoms with van der Waals surface area (Å²) >= 11 is 0. The number of amides is 1. The molecular formula is C14H16N4O. The minimum Gasteiger partial charge on any atom is -0.399 e. The number of rotatable bonds is 2. The van der Waals surface area contributed by atoms with Crippen LogP contribution in [0.25, 0.3) is 0 Å². The molecule has 2 heterocycles. The monoisotopic (exact) mass is 256 g/mol. The van der Waals surface area contributed by atoms with Gasteiger partial charge < -0.3 is 5.73 Å². The molecular weight excluding hydrogens is 240 g/mol. The molecule has 19 heavy (non-hydrogen) atoms. The highest BCUT2D eigenvalue weighted by Gasteiger charge is 2.16. The van der Waals surface area contributed by atoms with E-state index in [-0.39, 0.29) is 5.91 Å². The molecule has 0 aromatic carbocycles. The van der Waals surface area contributed by atoms with E-state index in [2.05, 4.69) is 9.97 Å². The largest absolute Gasteiger partial charge is 0.399 e. The zero-order valence-corrected chi connectivity index (χ0v) is 11.2. The summed E-state index contributed by atoms with van der Waals surface area (Å²) in [7, 11) is 0. The number of hydrogen-bond acceptors (Lipinski definition) is 4. The van der Waals surface area contributed by atoms with Crippen molar-refractivity contribution >= 4 is 23.1 Å². The average molecular weight is 256 g/mol. The number of carbonyl (C=O) groups excluding carboxylic acids is 1. The Labute approximate surface area is 112 Å². The standard InChI is InChI=1S/C14H16N4O/c1-9-6-13(7-10(2)17-9)18(11(3)19)14-8-12(15)4-5-16-14/h4-8H,1-3H3,(H2,15,16). The molecule has 0 radical (unpaired) electrons. The predicted octanol–water partition coefficient (Wildman–Crippen LogP) is 2.36. The number of nitrogens with zero attached hydrogens (tertiary/aromatic N) is 3. The fourth-order valence-corrected chi connectivity index (χ4v) is 1.97. The van der Waals surface area contributed by atoms with Crippen LogP contribution in [0.3, 0.4) is 0 Å². The summed E-state index contributed by atoms with van der Waals surface area (Å²) in [6.45, 7) is 5.28. The molecule has 5 nitrogen and oxygen atoms in total. The summed E-state index contributed by atoms with van der Waals surface area (Å²) in [4.78, 5) is 21.9. The normalized spacial score (nSPS) is 10.3. The molecule has 0 unspecified atom stereocenters. The highest BCUT2D eigenvalue weighted by molar-refractivity contribution is 5.98. The van der Waals surface area contributed by atoms with Gasteiger partial charge in [-0.15, -0.1) is 0 Å². The van der Waals surface area contributed by atoms with Gasteiger partial charge in [0.15, 0.2) is 0 Å². The lowest BCUT2D eigenvalue weighted by atomic mass is 10.2. The molecule has 0 bridgehead atoms. The highest BCUT2D eigenvalue weighted by Crippen LogP contribution is 2.26. The molecule has 2 aromatic rings. The molecule has 5 heteroatoms.